The molecule has 0 aliphatic heterocycles. The summed E-state index contributed by atoms with van der Waals surface area (Å²) in [6.45, 7) is 10.00. The van der Waals surface area contributed by atoms with E-state index in [-0.39, 0.29) is 0 Å². The largest absolute Gasteiger partial charge is 0.357 e. The number of rotatable bonds is 7. The molecular formula is C15H27N5. The van der Waals surface area contributed by atoms with Crippen LogP contribution in [-0.2, 0) is 6.54 Å². The van der Waals surface area contributed by atoms with Crippen LogP contribution in [0.1, 0.15) is 37.6 Å². The van der Waals surface area contributed by atoms with Gasteiger partial charge in [-0.2, -0.15) is 5.10 Å². The van der Waals surface area contributed by atoms with Crippen molar-refractivity contribution in [1.29, 1.82) is 0 Å². The summed E-state index contributed by atoms with van der Waals surface area (Å²) in [5.41, 5.74) is 2.33. The van der Waals surface area contributed by atoms with E-state index in [0.29, 0.717) is 0 Å². The molecule has 0 aromatic carbocycles. The number of hydrogen-bond donors (Lipinski definition) is 2. The predicted molar refractivity (Wildman–Crippen MR) is 83.0 cm³/mol. The summed E-state index contributed by atoms with van der Waals surface area (Å²) in [7, 11) is 0. The normalized spacial score (nSPS) is 15.4. The average Bonchev–Trinajstić information content (AvgIpc) is 3.17. The zero-order valence-corrected chi connectivity index (χ0v) is 12.9. The number of aromatic nitrogens is 2. The quantitative estimate of drug-likeness (QED) is 0.454. The van der Waals surface area contributed by atoms with Crippen molar-refractivity contribution in [3.05, 3.63) is 17.5 Å². The first-order chi connectivity index (χ1) is 9.69. The zero-order valence-electron chi connectivity index (χ0n) is 12.9. The second-order valence-corrected chi connectivity index (χ2v) is 5.59. The van der Waals surface area contributed by atoms with Crippen LogP contribution in [0.25, 0.3) is 0 Å². The van der Waals surface area contributed by atoms with Gasteiger partial charge >= 0.3 is 0 Å². The maximum absolute atomic E-state index is 4.61. The fourth-order valence-electron chi connectivity index (χ4n) is 2.20. The van der Waals surface area contributed by atoms with Gasteiger partial charge in [-0.25, -0.2) is 0 Å². The highest BCUT2D eigenvalue weighted by atomic mass is 15.3. The van der Waals surface area contributed by atoms with Crippen molar-refractivity contribution in [2.24, 2.45) is 10.9 Å². The van der Waals surface area contributed by atoms with E-state index in [1.807, 2.05) is 6.92 Å². The summed E-state index contributed by atoms with van der Waals surface area (Å²) in [4.78, 5) is 4.61. The predicted octanol–water partition coefficient (Wildman–Crippen LogP) is 1.86. The van der Waals surface area contributed by atoms with Gasteiger partial charge < -0.3 is 10.6 Å². The van der Waals surface area contributed by atoms with Gasteiger partial charge in [0.1, 0.15) is 0 Å². The topological polar surface area (TPSA) is 54.2 Å². The first-order valence-corrected chi connectivity index (χ1v) is 7.72. The Bertz CT molecular complexity index is 445. The third-order valence-corrected chi connectivity index (χ3v) is 3.49. The summed E-state index contributed by atoms with van der Waals surface area (Å²) in [5.74, 6) is 1.79. The molecule has 1 aromatic rings. The van der Waals surface area contributed by atoms with Crippen molar-refractivity contribution in [2.45, 2.75) is 46.6 Å². The van der Waals surface area contributed by atoms with Gasteiger partial charge in [-0.15, -0.1) is 0 Å². The molecule has 0 radical (unpaired) electrons. The first-order valence-electron chi connectivity index (χ1n) is 7.72. The molecule has 1 saturated carbocycles. The molecule has 1 aliphatic carbocycles. The third kappa shape index (κ3) is 4.87. The summed E-state index contributed by atoms with van der Waals surface area (Å²) in [5, 5.41) is 11.2. The third-order valence-electron chi connectivity index (χ3n) is 3.49. The first kappa shape index (κ1) is 14.9. The highest BCUT2D eigenvalue weighted by Crippen LogP contribution is 2.28. The molecule has 20 heavy (non-hydrogen) atoms. The smallest absolute Gasteiger partial charge is 0.191 e. The van der Waals surface area contributed by atoms with Crippen LogP contribution >= 0.6 is 0 Å². The minimum atomic E-state index is 0.833. The number of aliphatic imine (C=N–C) groups is 1. The van der Waals surface area contributed by atoms with E-state index in [2.05, 4.69) is 45.3 Å². The molecule has 0 bridgehead atoms. The summed E-state index contributed by atoms with van der Waals surface area (Å²) in [6.07, 6.45) is 3.75. The van der Waals surface area contributed by atoms with Crippen molar-refractivity contribution in [1.82, 2.24) is 20.4 Å². The molecule has 112 valence electrons. The maximum atomic E-state index is 4.61. The number of hydrogen-bond acceptors (Lipinski definition) is 2. The lowest BCUT2D eigenvalue weighted by Crippen LogP contribution is -2.38. The van der Waals surface area contributed by atoms with Crippen LogP contribution in [0.15, 0.2) is 11.1 Å². The Morgan fingerprint density at radius 2 is 2.20 bits per heavy atom. The molecule has 1 heterocycles. The Morgan fingerprint density at radius 3 is 2.80 bits per heavy atom. The Morgan fingerprint density at radius 1 is 1.40 bits per heavy atom. The highest BCUT2D eigenvalue weighted by molar-refractivity contribution is 5.79. The number of aryl methyl sites for hydroxylation is 3. The minimum absolute atomic E-state index is 0.833. The molecular weight excluding hydrogens is 250 g/mol. The molecule has 1 aromatic heterocycles. The van der Waals surface area contributed by atoms with E-state index in [9.17, 15) is 0 Å². The van der Waals surface area contributed by atoms with Crippen LogP contribution in [0.3, 0.4) is 0 Å². The summed E-state index contributed by atoms with van der Waals surface area (Å²) >= 11 is 0. The molecule has 1 fully saturated rings. The van der Waals surface area contributed by atoms with Crippen molar-refractivity contribution in [3.63, 3.8) is 0 Å². The lowest BCUT2D eigenvalue weighted by molar-refractivity contribution is 0.555. The standard InChI is InChI=1S/C15H27N5/c1-4-16-15(18-11-14-6-7-14)17-8-5-9-20-13(3)10-12(2)19-20/h10,14H,4-9,11H2,1-3H3,(H2,16,17,18). The Hall–Kier alpha value is -1.52. The molecule has 2 N–H and O–H groups in total. The molecule has 0 spiro atoms. The van der Waals surface area contributed by atoms with Crippen LogP contribution in [-0.4, -0.2) is 35.4 Å². The van der Waals surface area contributed by atoms with E-state index in [1.165, 1.54) is 18.5 Å². The van der Waals surface area contributed by atoms with Gasteiger partial charge in [0.25, 0.3) is 0 Å². The van der Waals surface area contributed by atoms with Gasteiger partial charge in [-0.05, 0) is 52.0 Å². The Balaban J connectivity index is 1.69. The lowest BCUT2D eigenvalue weighted by Gasteiger charge is -2.11. The van der Waals surface area contributed by atoms with Crippen LogP contribution in [0.5, 0.6) is 0 Å². The van der Waals surface area contributed by atoms with Crippen molar-refractivity contribution >= 4 is 5.96 Å². The van der Waals surface area contributed by atoms with Gasteiger partial charge in [0, 0.05) is 31.9 Å². The van der Waals surface area contributed by atoms with Crippen molar-refractivity contribution in [3.8, 4) is 0 Å². The number of nitrogens with zero attached hydrogens (tertiary/aromatic N) is 3. The maximum Gasteiger partial charge on any atom is 0.191 e. The molecule has 5 nitrogen and oxygen atoms in total. The lowest BCUT2D eigenvalue weighted by atomic mass is 10.4. The number of nitrogens with one attached hydrogen (secondary N) is 2. The Kier molecular flexibility index (Phi) is 5.44. The van der Waals surface area contributed by atoms with Crippen LogP contribution < -0.4 is 10.6 Å². The van der Waals surface area contributed by atoms with Gasteiger partial charge in [-0.1, -0.05) is 0 Å². The molecule has 0 amide bonds. The van der Waals surface area contributed by atoms with E-state index in [1.54, 1.807) is 0 Å². The van der Waals surface area contributed by atoms with Crippen molar-refractivity contribution < 1.29 is 0 Å². The second-order valence-electron chi connectivity index (χ2n) is 5.59. The highest BCUT2D eigenvalue weighted by Gasteiger charge is 2.20. The molecule has 1 aliphatic rings. The van der Waals surface area contributed by atoms with E-state index < -0.39 is 0 Å². The monoisotopic (exact) mass is 277 g/mol. The zero-order chi connectivity index (χ0) is 14.4. The Labute approximate surface area is 121 Å². The molecule has 0 unspecified atom stereocenters. The molecule has 5 heteroatoms. The van der Waals surface area contributed by atoms with E-state index >= 15 is 0 Å². The van der Waals surface area contributed by atoms with E-state index in [4.69, 9.17) is 0 Å². The van der Waals surface area contributed by atoms with Crippen LogP contribution in [0, 0.1) is 19.8 Å². The molecule has 2 rings (SSSR count). The fraction of sp³-hybridized carbons (Fsp3) is 0.733. The van der Waals surface area contributed by atoms with Crippen molar-refractivity contribution in [2.75, 3.05) is 19.6 Å². The number of guanidine groups is 1. The van der Waals surface area contributed by atoms with Crippen LogP contribution in [0.2, 0.25) is 0 Å². The van der Waals surface area contributed by atoms with Crippen LogP contribution in [0.4, 0.5) is 0 Å². The fourth-order valence-corrected chi connectivity index (χ4v) is 2.20. The van der Waals surface area contributed by atoms with Gasteiger partial charge in [-0.3, -0.25) is 9.67 Å². The van der Waals surface area contributed by atoms with Gasteiger partial charge in [0.15, 0.2) is 5.96 Å². The second kappa shape index (κ2) is 7.31. The molecule has 0 atom stereocenters. The van der Waals surface area contributed by atoms with E-state index in [0.717, 1.165) is 50.2 Å². The average molecular weight is 277 g/mol. The van der Waals surface area contributed by atoms with Gasteiger partial charge in [0.05, 0.1) is 5.69 Å². The summed E-state index contributed by atoms with van der Waals surface area (Å²) < 4.78 is 2.07. The summed E-state index contributed by atoms with van der Waals surface area (Å²) in [6, 6.07) is 2.12. The molecule has 0 saturated heterocycles. The van der Waals surface area contributed by atoms with Gasteiger partial charge in [0.2, 0.25) is 0 Å². The SMILES string of the molecule is CCNC(=NCC1CC1)NCCCn1nc(C)cc1C. The minimum Gasteiger partial charge on any atom is -0.357 e.